The average molecular weight is 291 g/mol. The smallest absolute Gasteiger partial charge is 0.256 e. The summed E-state index contributed by atoms with van der Waals surface area (Å²) in [7, 11) is 0. The van der Waals surface area contributed by atoms with E-state index in [2.05, 4.69) is 9.97 Å². The fraction of sp³-hybridized carbons (Fsp3) is 0.467. The molecule has 5 nitrogen and oxygen atoms in total. The van der Waals surface area contributed by atoms with Crippen LogP contribution in [-0.4, -0.2) is 46.6 Å². The van der Waals surface area contributed by atoms with Crippen molar-refractivity contribution in [1.29, 1.82) is 0 Å². The molecular weight excluding hydrogens is 273 g/mol. The highest BCUT2D eigenvalue weighted by molar-refractivity contribution is 6.04. The van der Waals surface area contributed by atoms with Crippen LogP contribution in [0.3, 0.4) is 0 Å². The largest absolute Gasteiger partial charge is 0.376 e. The van der Waals surface area contributed by atoms with E-state index in [1.807, 2.05) is 6.92 Å². The first-order valence-electron chi connectivity index (χ1n) is 7.22. The number of nitrogens with zero attached hydrogens (tertiary/aromatic N) is 2. The van der Waals surface area contributed by atoms with Gasteiger partial charge in [0.25, 0.3) is 5.91 Å². The molecule has 6 heteroatoms. The zero-order valence-corrected chi connectivity index (χ0v) is 11.9. The van der Waals surface area contributed by atoms with Gasteiger partial charge in [-0.3, -0.25) is 4.79 Å². The predicted molar refractivity (Wildman–Crippen MR) is 76.6 cm³/mol. The number of fused-ring (bicyclic) bond motifs is 1. The molecule has 0 saturated carbocycles. The molecule has 3 rings (SSSR count). The predicted octanol–water partition coefficient (Wildman–Crippen LogP) is 2.34. The van der Waals surface area contributed by atoms with Crippen molar-refractivity contribution in [3.8, 4) is 0 Å². The number of aromatic amines is 1. The first-order valence-corrected chi connectivity index (χ1v) is 7.22. The number of hydrogen-bond donors (Lipinski definition) is 1. The zero-order chi connectivity index (χ0) is 14.8. The monoisotopic (exact) mass is 291 g/mol. The van der Waals surface area contributed by atoms with Gasteiger partial charge in [0, 0.05) is 19.7 Å². The van der Waals surface area contributed by atoms with Gasteiger partial charge in [0.15, 0.2) is 0 Å². The van der Waals surface area contributed by atoms with Crippen LogP contribution in [-0.2, 0) is 4.74 Å². The maximum absolute atomic E-state index is 13.7. The van der Waals surface area contributed by atoms with E-state index in [4.69, 9.17) is 4.74 Å². The molecule has 112 valence electrons. The van der Waals surface area contributed by atoms with Crippen molar-refractivity contribution in [3.05, 3.63) is 29.8 Å². The number of halogens is 1. The Hall–Kier alpha value is -1.95. The summed E-state index contributed by atoms with van der Waals surface area (Å²) in [5.41, 5.74) is 1.34. The number of likely N-dealkylation sites (N-methyl/N-ethyl adjacent to an activating group) is 1. The molecule has 1 aliphatic rings. The van der Waals surface area contributed by atoms with Crippen molar-refractivity contribution in [3.63, 3.8) is 0 Å². The SMILES string of the molecule is CCN(CC1CCCO1)C(=O)c1cc(F)cc2[nH]cnc12. The summed E-state index contributed by atoms with van der Waals surface area (Å²) >= 11 is 0. The summed E-state index contributed by atoms with van der Waals surface area (Å²) in [6.45, 7) is 3.76. The van der Waals surface area contributed by atoms with Crippen molar-refractivity contribution in [1.82, 2.24) is 14.9 Å². The van der Waals surface area contributed by atoms with Crippen LogP contribution in [0.2, 0.25) is 0 Å². The number of carbonyl (C=O) groups excluding carboxylic acids is 1. The van der Waals surface area contributed by atoms with Gasteiger partial charge in [-0.1, -0.05) is 0 Å². The van der Waals surface area contributed by atoms with Gasteiger partial charge in [-0.15, -0.1) is 0 Å². The van der Waals surface area contributed by atoms with Gasteiger partial charge in [-0.25, -0.2) is 9.37 Å². The van der Waals surface area contributed by atoms with Crippen LogP contribution in [0.5, 0.6) is 0 Å². The van der Waals surface area contributed by atoms with Gasteiger partial charge in [-0.05, 0) is 31.9 Å². The summed E-state index contributed by atoms with van der Waals surface area (Å²) in [6.07, 6.45) is 3.54. The van der Waals surface area contributed by atoms with Crippen LogP contribution in [0.25, 0.3) is 11.0 Å². The van der Waals surface area contributed by atoms with Crippen molar-refractivity contribution in [2.75, 3.05) is 19.7 Å². The molecule has 0 spiro atoms. The van der Waals surface area contributed by atoms with Gasteiger partial charge < -0.3 is 14.6 Å². The quantitative estimate of drug-likeness (QED) is 0.940. The van der Waals surface area contributed by atoms with Crippen LogP contribution >= 0.6 is 0 Å². The van der Waals surface area contributed by atoms with E-state index in [0.29, 0.717) is 29.7 Å². The first-order chi connectivity index (χ1) is 10.2. The van der Waals surface area contributed by atoms with E-state index >= 15 is 0 Å². The van der Waals surface area contributed by atoms with E-state index in [1.54, 1.807) is 4.90 Å². The lowest BCUT2D eigenvalue weighted by atomic mass is 10.1. The fourth-order valence-electron chi connectivity index (χ4n) is 2.74. The molecule has 1 aromatic heterocycles. The summed E-state index contributed by atoms with van der Waals surface area (Å²) in [4.78, 5) is 21.3. The van der Waals surface area contributed by atoms with Crippen molar-refractivity contribution in [2.24, 2.45) is 0 Å². The molecule has 2 aromatic rings. The molecule has 1 saturated heterocycles. The number of rotatable bonds is 4. The Balaban J connectivity index is 1.88. The Bertz CT molecular complexity index is 649. The minimum absolute atomic E-state index is 0.0807. The lowest BCUT2D eigenvalue weighted by Crippen LogP contribution is -2.37. The molecule has 1 fully saturated rings. The molecule has 1 amide bonds. The van der Waals surface area contributed by atoms with Crippen LogP contribution in [0.1, 0.15) is 30.1 Å². The topological polar surface area (TPSA) is 58.2 Å². The highest BCUT2D eigenvalue weighted by atomic mass is 19.1. The molecule has 0 radical (unpaired) electrons. The number of amides is 1. The van der Waals surface area contributed by atoms with Crippen molar-refractivity contribution < 1.29 is 13.9 Å². The summed E-state index contributed by atoms with van der Waals surface area (Å²) in [5, 5.41) is 0. The van der Waals surface area contributed by atoms with E-state index in [1.165, 1.54) is 18.5 Å². The van der Waals surface area contributed by atoms with Gasteiger partial charge in [0.2, 0.25) is 0 Å². The second-order valence-electron chi connectivity index (χ2n) is 5.23. The van der Waals surface area contributed by atoms with E-state index < -0.39 is 5.82 Å². The Morgan fingerprint density at radius 1 is 1.57 bits per heavy atom. The normalized spacial score (nSPS) is 18.3. The van der Waals surface area contributed by atoms with Gasteiger partial charge in [0.05, 0.1) is 23.5 Å². The number of carbonyl (C=O) groups is 1. The lowest BCUT2D eigenvalue weighted by molar-refractivity contribution is 0.0540. The number of imidazole rings is 1. The Labute approximate surface area is 122 Å². The summed E-state index contributed by atoms with van der Waals surface area (Å²) < 4.78 is 19.2. The van der Waals surface area contributed by atoms with Gasteiger partial charge in [-0.2, -0.15) is 0 Å². The minimum Gasteiger partial charge on any atom is -0.376 e. The highest BCUT2D eigenvalue weighted by Crippen LogP contribution is 2.20. The highest BCUT2D eigenvalue weighted by Gasteiger charge is 2.24. The third kappa shape index (κ3) is 2.76. The summed E-state index contributed by atoms with van der Waals surface area (Å²) in [6, 6.07) is 2.60. The number of benzene rings is 1. The summed E-state index contributed by atoms with van der Waals surface area (Å²) in [5.74, 6) is -0.645. The second kappa shape index (κ2) is 5.81. The molecule has 21 heavy (non-hydrogen) atoms. The maximum atomic E-state index is 13.7. The molecule has 0 bridgehead atoms. The van der Waals surface area contributed by atoms with Crippen LogP contribution < -0.4 is 0 Å². The number of hydrogen-bond acceptors (Lipinski definition) is 3. The molecule has 1 aromatic carbocycles. The second-order valence-corrected chi connectivity index (χ2v) is 5.23. The molecule has 1 aliphatic heterocycles. The minimum atomic E-state index is -0.441. The van der Waals surface area contributed by atoms with E-state index in [0.717, 1.165) is 19.4 Å². The van der Waals surface area contributed by atoms with Crippen molar-refractivity contribution >= 4 is 16.9 Å². The maximum Gasteiger partial charge on any atom is 0.256 e. The number of H-pyrrole nitrogens is 1. The molecule has 0 aliphatic carbocycles. The van der Waals surface area contributed by atoms with Gasteiger partial charge >= 0.3 is 0 Å². The van der Waals surface area contributed by atoms with Crippen molar-refractivity contribution in [2.45, 2.75) is 25.9 Å². The van der Waals surface area contributed by atoms with Crippen LogP contribution in [0.15, 0.2) is 18.5 Å². The Morgan fingerprint density at radius 2 is 2.43 bits per heavy atom. The lowest BCUT2D eigenvalue weighted by Gasteiger charge is -2.24. The third-order valence-corrected chi connectivity index (χ3v) is 3.84. The fourth-order valence-corrected chi connectivity index (χ4v) is 2.74. The third-order valence-electron chi connectivity index (χ3n) is 3.84. The average Bonchev–Trinajstić information content (AvgIpc) is 3.13. The standard InChI is InChI=1S/C15H18FN3O2/c1-2-19(8-11-4-3-5-21-11)15(20)12-6-10(16)7-13-14(12)18-9-17-13/h6-7,9,11H,2-5,8H2,1H3,(H,17,18). The number of nitrogens with one attached hydrogen (secondary N) is 1. The van der Waals surface area contributed by atoms with Crippen LogP contribution in [0, 0.1) is 5.82 Å². The molecule has 1 atom stereocenters. The first kappa shape index (κ1) is 14.0. The number of aromatic nitrogens is 2. The zero-order valence-electron chi connectivity index (χ0n) is 11.9. The Kier molecular flexibility index (Phi) is 3.88. The van der Waals surface area contributed by atoms with E-state index in [9.17, 15) is 9.18 Å². The number of ether oxygens (including phenoxy) is 1. The van der Waals surface area contributed by atoms with Gasteiger partial charge in [0.1, 0.15) is 11.3 Å². The van der Waals surface area contributed by atoms with Crippen LogP contribution in [0.4, 0.5) is 4.39 Å². The molecule has 1 N–H and O–H groups in total. The Morgan fingerprint density at radius 3 is 3.14 bits per heavy atom. The molecular formula is C15H18FN3O2. The van der Waals surface area contributed by atoms with E-state index in [-0.39, 0.29) is 12.0 Å². The molecule has 2 heterocycles. The molecule has 1 unspecified atom stereocenters.